The molecule has 134 valence electrons. The summed E-state index contributed by atoms with van der Waals surface area (Å²) >= 11 is 0. The SMILES string of the molecule is CCOC(=O)c1cnn2ccc(NC(=O)COc3ccc(C)cc3)cc12. The highest BCUT2D eigenvalue weighted by Crippen LogP contribution is 2.17. The summed E-state index contributed by atoms with van der Waals surface area (Å²) in [5.41, 5.74) is 2.56. The van der Waals surface area contributed by atoms with Crippen LogP contribution in [-0.2, 0) is 9.53 Å². The van der Waals surface area contributed by atoms with Gasteiger partial charge in [0.15, 0.2) is 6.61 Å². The Balaban J connectivity index is 1.67. The molecular weight excluding hydrogens is 334 g/mol. The minimum atomic E-state index is -0.450. The van der Waals surface area contributed by atoms with Gasteiger partial charge in [0.1, 0.15) is 11.3 Å². The molecule has 1 amide bonds. The summed E-state index contributed by atoms with van der Waals surface area (Å²) < 4.78 is 12.0. The number of anilines is 1. The lowest BCUT2D eigenvalue weighted by Gasteiger charge is -2.08. The van der Waals surface area contributed by atoms with E-state index in [9.17, 15) is 9.59 Å². The summed E-state index contributed by atoms with van der Waals surface area (Å²) in [6.07, 6.45) is 3.11. The number of nitrogens with one attached hydrogen (secondary N) is 1. The standard InChI is InChI=1S/C19H19N3O4/c1-3-25-19(24)16-11-20-22-9-8-14(10-17(16)22)21-18(23)12-26-15-6-4-13(2)5-7-15/h4-11H,3,12H2,1-2H3,(H,21,23). The number of aromatic nitrogens is 2. The molecule has 0 aliphatic rings. The lowest BCUT2D eigenvalue weighted by molar-refractivity contribution is -0.118. The van der Waals surface area contributed by atoms with Crippen molar-refractivity contribution in [3.63, 3.8) is 0 Å². The third-order valence-corrected chi connectivity index (χ3v) is 3.69. The average Bonchev–Trinajstić information content (AvgIpc) is 3.05. The van der Waals surface area contributed by atoms with Crippen molar-refractivity contribution < 1.29 is 19.1 Å². The molecule has 0 aliphatic carbocycles. The molecular formula is C19H19N3O4. The molecule has 1 aromatic carbocycles. The lowest BCUT2D eigenvalue weighted by Crippen LogP contribution is -2.20. The average molecular weight is 353 g/mol. The van der Waals surface area contributed by atoms with Gasteiger partial charge in [0.05, 0.1) is 18.3 Å². The zero-order valence-corrected chi connectivity index (χ0v) is 14.6. The Morgan fingerprint density at radius 3 is 2.69 bits per heavy atom. The van der Waals surface area contributed by atoms with Crippen LogP contribution in [0.25, 0.3) is 5.52 Å². The van der Waals surface area contributed by atoms with Crippen LogP contribution in [-0.4, -0.2) is 34.7 Å². The molecule has 2 heterocycles. The smallest absolute Gasteiger partial charge is 0.341 e. The third kappa shape index (κ3) is 4.00. The molecule has 0 saturated carbocycles. The van der Waals surface area contributed by atoms with Crippen LogP contribution in [0.4, 0.5) is 5.69 Å². The second-order valence-corrected chi connectivity index (χ2v) is 5.67. The Morgan fingerprint density at radius 2 is 1.96 bits per heavy atom. The van der Waals surface area contributed by atoms with E-state index >= 15 is 0 Å². The second-order valence-electron chi connectivity index (χ2n) is 5.67. The number of nitrogens with zero attached hydrogens (tertiary/aromatic N) is 2. The van der Waals surface area contributed by atoms with E-state index in [0.717, 1.165) is 5.56 Å². The fraction of sp³-hybridized carbons (Fsp3) is 0.211. The first kappa shape index (κ1) is 17.5. The number of esters is 1. The molecule has 1 N–H and O–H groups in total. The Morgan fingerprint density at radius 1 is 1.19 bits per heavy atom. The molecule has 0 saturated heterocycles. The van der Waals surface area contributed by atoms with Crippen LogP contribution >= 0.6 is 0 Å². The first-order valence-electron chi connectivity index (χ1n) is 8.20. The molecule has 0 spiro atoms. The molecule has 0 bridgehead atoms. The summed E-state index contributed by atoms with van der Waals surface area (Å²) in [6, 6.07) is 10.8. The summed E-state index contributed by atoms with van der Waals surface area (Å²) in [5, 5.41) is 6.85. The molecule has 0 aliphatic heterocycles. The Hall–Kier alpha value is -3.35. The highest BCUT2D eigenvalue weighted by molar-refractivity contribution is 5.98. The van der Waals surface area contributed by atoms with E-state index in [2.05, 4.69) is 10.4 Å². The molecule has 0 unspecified atom stereocenters. The number of hydrogen-bond acceptors (Lipinski definition) is 5. The molecule has 3 aromatic rings. The van der Waals surface area contributed by atoms with Gasteiger partial charge in [0.2, 0.25) is 0 Å². The molecule has 0 fully saturated rings. The maximum absolute atomic E-state index is 12.1. The fourth-order valence-corrected chi connectivity index (χ4v) is 2.40. The van der Waals surface area contributed by atoms with Gasteiger partial charge in [-0.25, -0.2) is 9.31 Å². The summed E-state index contributed by atoms with van der Waals surface area (Å²) in [4.78, 5) is 24.1. The largest absolute Gasteiger partial charge is 0.484 e. The summed E-state index contributed by atoms with van der Waals surface area (Å²) in [5.74, 6) is -0.123. The Labute approximate surface area is 150 Å². The number of rotatable bonds is 6. The van der Waals surface area contributed by atoms with Gasteiger partial charge in [-0.1, -0.05) is 17.7 Å². The topological polar surface area (TPSA) is 81.9 Å². The van der Waals surface area contributed by atoms with Gasteiger partial charge >= 0.3 is 5.97 Å². The Kier molecular flexibility index (Phi) is 5.17. The predicted molar refractivity (Wildman–Crippen MR) is 96.5 cm³/mol. The molecule has 7 nitrogen and oxygen atoms in total. The van der Waals surface area contributed by atoms with Crippen LogP contribution in [0.3, 0.4) is 0 Å². The van der Waals surface area contributed by atoms with Crippen molar-refractivity contribution in [1.82, 2.24) is 9.61 Å². The minimum Gasteiger partial charge on any atom is -0.484 e. The van der Waals surface area contributed by atoms with Crippen LogP contribution in [0.5, 0.6) is 5.75 Å². The zero-order valence-electron chi connectivity index (χ0n) is 14.6. The van der Waals surface area contributed by atoms with E-state index in [-0.39, 0.29) is 19.1 Å². The van der Waals surface area contributed by atoms with E-state index in [1.54, 1.807) is 29.8 Å². The van der Waals surface area contributed by atoms with Crippen LogP contribution in [0.1, 0.15) is 22.8 Å². The maximum Gasteiger partial charge on any atom is 0.341 e. The number of fused-ring (bicyclic) bond motifs is 1. The van der Waals surface area contributed by atoms with Crippen LogP contribution in [0, 0.1) is 6.92 Å². The highest BCUT2D eigenvalue weighted by Gasteiger charge is 2.14. The minimum absolute atomic E-state index is 0.113. The quantitative estimate of drug-likeness (QED) is 0.689. The summed E-state index contributed by atoms with van der Waals surface area (Å²) in [7, 11) is 0. The van der Waals surface area contributed by atoms with Gasteiger partial charge in [0.25, 0.3) is 5.91 Å². The molecule has 26 heavy (non-hydrogen) atoms. The van der Waals surface area contributed by atoms with Gasteiger partial charge in [0, 0.05) is 11.9 Å². The van der Waals surface area contributed by atoms with E-state index in [1.165, 1.54) is 6.20 Å². The number of benzene rings is 1. The number of carbonyl (C=O) groups excluding carboxylic acids is 2. The molecule has 2 aromatic heterocycles. The second kappa shape index (κ2) is 7.69. The first-order chi connectivity index (χ1) is 12.6. The number of amides is 1. The van der Waals surface area contributed by atoms with Crippen molar-refractivity contribution >= 4 is 23.1 Å². The molecule has 0 atom stereocenters. The Bertz CT molecular complexity index is 932. The number of ether oxygens (including phenoxy) is 2. The van der Waals surface area contributed by atoms with E-state index in [0.29, 0.717) is 22.5 Å². The number of aryl methyl sites for hydroxylation is 1. The van der Waals surface area contributed by atoms with Crippen molar-refractivity contribution in [2.75, 3.05) is 18.5 Å². The van der Waals surface area contributed by atoms with Crippen molar-refractivity contribution in [3.8, 4) is 5.75 Å². The van der Waals surface area contributed by atoms with Gasteiger partial charge < -0.3 is 14.8 Å². The molecule has 3 rings (SSSR count). The van der Waals surface area contributed by atoms with Gasteiger partial charge in [-0.3, -0.25) is 4.79 Å². The number of carbonyl (C=O) groups is 2. The van der Waals surface area contributed by atoms with Gasteiger partial charge in [-0.05, 0) is 38.1 Å². The lowest BCUT2D eigenvalue weighted by atomic mass is 10.2. The number of pyridine rings is 1. The third-order valence-electron chi connectivity index (χ3n) is 3.69. The van der Waals surface area contributed by atoms with Crippen LogP contribution < -0.4 is 10.1 Å². The molecule has 0 radical (unpaired) electrons. The zero-order chi connectivity index (χ0) is 18.5. The van der Waals surface area contributed by atoms with Crippen LogP contribution in [0.15, 0.2) is 48.8 Å². The van der Waals surface area contributed by atoms with E-state index in [1.807, 2.05) is 31.2 Å². The van der Waals surface area contributed by atoms with Crippen molar-refractivity contribution in [1.29, 1.82) is 0 Å². The van der Waals surface area contributed by atoms with Crippen molar-refractivity contribution in [3.05, 3.63) is 59.9 Å². The molecule has 7 heteroatoms. The van der Waals surface area contributed by atoms with E-state index < -0.39 is 5.97 Å². The predicted octanol–water partition coefficient (Wildman–Crippen LogP) is 2.84. The monoisotopic (exact) mass is 353 g/mol. The first-order valence-corrected chi connectivity index (χ1v) is 8.20. The highest BCUT2D eigenvalue weighted by atomic mass is 16.5. The van der Waals surface area contributed by atoms with Crippen LogP contribution in [0.2, 0.25) is 0 Å². The van der Waals surface area contributed by atoms with Gasteiger partial charge in [-0.2, -0.15) is 5.10 Å². The van der Waals surface area contributed by atoms with Gasteiger partial charge in [-0.15, -0.1) is 0 Å². The fourth-order valence-electron chi connectivity index (χ4n) is 2.40. The van der Waals surface area contributed by atoms with E-state index in [4.69, 9.17) is 9.47 Å². The normalized spacial score (nSPS) is 10.5. The van der Waals surface area contributed by atoms with Crippen molar-refractivity contribution in [2.24, 2.45) is 0 Å². The van der Waals surface area contributed by atoms with Crippen molar-refractivity contribution in [2.45, 2.75) is 13.8 Å². The maximum atomic E-state index is 12.1. The summed E-state index contributed by atoms with van der Waals surface area (Å²) in [6.45, 7) is 3.89. The number of hydrogen-bond donors (Lipinski definition) is 1.